The minimum absolute atomic E-state index is 0.239. The van der Waals surface area contributed by atoms with Crippen LogP contribution in [0.4, 0.5) is 0 Å². The van der Waals surface area contributed by atoms with Gasteiger partial charge >= 0.3 is 0 Å². The molecule has 6 nitrogen and oxygen atoms in total. The molecule has 1 aliphatic rings. The predicted octanol–water partition coefficient (Wildman–Crippen LogP) is 3.34. The minimum Gasteiger partial charge on any atom is -0.496 e. The van der Waals surface area contributed by atoms with E-state index in [-0.39, 0.29) is 6.04 Å². The molecule has 0 aliphatic carbocycles. The number of hydrogen-bond donors (Lipinski definition) is 2. The number of nitrogens with one attached hydrogen (secondary N) is 2. The highest BCUT2D eigenvalue weighted by Crippen LogP contribution is 2.31. The van der Waals surface area contributed by atoms with Gasteiger partial charge in [-0.15, -0.1) is 0 Å². The van der Waals surface area contributed by atoms with Gasteiger partial charge in [0, 0.05) is 32.8 Å². The van der Waals surface area contributed by atoms with Crippen molar-refractivity contribution in [1.82, 2.24) is 15.5 Å². The van der Waals surface area contributed by atoms with E-state index in [0.717, 1.165) is 31.3 Å². The Hall–Kier alpha value is -2.57. The highest BCUT2D eigenvalue weighted by Gasteiger charge is 2.26. The van der Waals surface area contributed by atoms with Crippen LogP contribution in [-0.2, 0) is 17.9 Å². The molecule has 2 aromatic rings. The molecule has 2 aromatic carbocycles. The average molecular weight is 411 g/mol. The number of benzene rings is 2. The van der Waals surface area contributed by atoms with Crippen LogP contribution in [0.1, 0.15) is 35.6 Å². The largest absolute Gasteiger partial charge is 0.496 e. The summed E-state index contributed by atoms with van der Waals surface area (Å²) >= 11 is 0. The second-order valence-corrected chi connectivity index (χ2v) is 7.51. The van der Waals surface area contributed by atoms with Gasteiger partial charge in [0.25, 0.3) is 0 Å². The van der Waals surface area contributed by atoms with E-state index in [1.54, 1.807) is 14.2 Å². The molecule has 162 valence electrons. The van der Waals surface area contributed by atoms with Crippen molar-refractivity contribution in [3.05, 3.63) is 65.2 Å². The zero-order valence-electron chi connectivity index (χ0n) is 18.4. The van der Waals surface area contributed by atoms with Crippen molar-refractivity contribution in [2.45, 2.75) is 32.0 Å². The van der Waals surface area contributed by atoms with Crippen LogP contribution in [0.5, 0.6) is 5.75 Å². The van der Waals surface area contributed by atoms with Crippen LogP contribution in [-0.4, -0.2) is 51.8 Å². The van der Waals surface area contributed by atoms with Gasteiger partial charge in [-0.3, -0.25) is 9.89 Å². The molecule has 0 amide bonds. The quantitative estimate of drug-likeness (QED) is 0.490. The smallest absolute Gasteiger partial charge is 0.191 e. The van der Waals surface area contributed by atoms with E-state index >= 15 is 0 Å². The number of para-hydroxylation sites is 1. The molecule has 1 saturated heterocycles. The Labute approximate surface area is 180 Å². The van der Waals surface area contributed by atoms with Gasteiger partial charge in [-0.05, 0) is 43.1 Å². The summed E-state index contributed by atoms with van der Waals surface area (Å²) in [5, 5.41) is 6.97. The van der Waals surface area contributed by atoms with E-state index in [9.17, 15) is 0 Å². The maximum Gasteiger partial charge on any atom is 0.191 e. The maximum absolute atomic E-state index is 5.65. The molecule has 0 aromatic heterocycles. The average Bonchev–Trinajstić information content (AvgIpc) is 3.32. The first-order chi connectivity index (χ1) is 14.8. The van der Waals surface area contributed by atoms with Gasteiger partial charge in [0.1, 0.15) is 5.75 Å². The third-order valence-electron chi connectivity index (χ3n) is 5.63. The molecule has 1 atom stereocenters. The van der Waals surface area contributed by atoms with Crippen LogP contribution in [0.2, 0.25) is 0 Å². The molecular formula is C24H34N4O2. The highest BCUT2D eigenvalue weighted by molar-refractivity contribution is 5.79. The third kappa shape index (κ3) is 5.74. The fourth-order valence-corrected chi connectivity index (χ4v) is 4.05. The van der Waals surface area contributed by atoms with Gasteiger partial charge in [-0.25, -0.2) is 0 Å². The highest BCUT2D eigenvalue weighted by atomic mass is 16.5. The molecular weight excluding hydrogens is 376 g/mol. The second kappa shape index (κ2) is 11.6. The second-order valence-electron chi connectivity index (χ2n) is 7.51. The van der Waals surface area contributed by atoms with Gasteiger partial charge in [-0.1, -0.05) is 42.5 Å². The normalized spacial score (nSPS) is 15.8. The van der Waals surface area contributed by atoms with E-state index in [1.807, 2.05) is 25.2 Å². The summed E-state index contributed by atoms with van der Waals surface area (Å²) in [7, 11) is 5.27. The van der Waals surface area contributed by atoms with Crippen molar-refractivity contribution in [3.63, 3.8) is 0 Å². The van der Waals surface area contributed by atoms with Gasteiger partial charge < -0.3 is 20.1 Å². The summed E-state index contributed by atoms with van der Waals surface area (Å²) in [6, 6.07) is 16.9. The maximum atomic E-state index is 5.65. The fraction of sp³-hybridized carbons (Fsp3) is 0.458. The number of likely N-dealkylation sites (tertiary alicyclic amines) is 1. The standard InChI is InChI=1S/C24H34N4O2/c1-25-24(26-16-19-10-4-5-11-20(19)18-29-2)27-17-22(28-14-8-9-15-28)21-12-6-7-13-23(21)30-3/h4-7,10-13,22H,8-9,14-18H2,1-3H3,(H2,25,26,27). The Balaban J connectivity index is 1.66. The number of rotatable bonds is 9. The summed E-state index contributed by atoms with van der Waals surface area (Å²) < 4.78 is 11.0. The van der Waals surface area contributed by atoms with Gasteiger partial charge in [0.05, 0.1) is 19.8 Å². The van der Waals surface area contributed by atoms with Crippen molar-refractivity contribution >= 4 is 5.96 Å². The lowest BCUT2D eigenvalue weighted by Gasteiger charge is -2.30. The number of aliphatic imine (C=N–C) groups is 1. The van der Waals surface area contributed by atoms with Gasteiger partial charge in [0.2, 0.25) is 0 Å². The summed E-state index contributed by atoms with van der Waals surface area (Å²) in [5.41, 5.74) is 3.62. The van der Waals surface area contributed by atoms with Crippen molar-refractivity contribution in [1.29, 1.82) is 0 Å². The molecule has 1 unspecified atom stereocenters. The van der Waals surface area contributed by atoms with Crippen molar-refractivity contribution < 1.29 is 9.47 Å². The van der Waals surface area contributed by atoms with E-state index in [4.69, 9.17) is 9.47 Å². The SMILES string of the molecule is CN=C(NCc1ccccc1COC)NCC(c1ccccc1OC)N1CCCC1. The predicted molar refractivity (Wildman–Crippen MR) is 122 cm³/mol. The minimum atomic E-state index is 0.239. The first kappa shape index (κ1) is 22.1. The van der Waals surface area contributed by atoms with E-state index < -0.39 is 0 Å². The van der Waals surface area contributed by atoms with Crippen molar-refractivity contribution in [2.24, 2.45) is 4.99 Å². The van der Waals surface area contributed by atoms with E-state index in [1.165, 1.54) is 29.5 Å². The molecule has 3 rings (SSSR count). The first-order valence-corrected chi connectivity index (χ1v) is 10.6. The number of nitrogens with zero attached hydrogens (tertiary/aromatic N) is 2. The Morgan fingerprint density at radius 3 is 2.40 bits per heavy atom. The molecule has 1 heterocycles. The van der Waals surface area contributed by atoms with E-state index in [0.29, 0.717) is 13.2 Å². The molecule has 1 fully saturated rings. The molecule has 1 aliphatic heterocycles. The number of guanidine groups is 1. The molecule has 0 spiro atoms. The van der Waals surface area contributed by atoms with Crippen LogP contribution in [0.3, 0.4) is 0 Å². The van der Waals surface area contributed by atoms with Gasteiger partial charge in [-0.2, -0.15) is 0 Å². The van der Waals surface area contributed by atoms with Crippen LogP contribution in [0.25, 0.3) is 0 Å². The van der Waals surface area contributed by atoms with Crippen LogP contribution < -0.4 is 15.4 Å². The lowest BCUT2D eigenvalue weighted by molar-refractivity contribution is 0.184. The topological polar surface area (TPSA) is 58.1 Å². The lowest BCUT2D eigenvalue weighted by Crippen LogP contribution is -2.42. The molecule has 0 bridgehead atoms. The number of methoxy groups -OCH3 is 2. The Kier molecular flexibility index (Phi) is 8.53. The monoisotopic (exact) mass is 410 g/mol. The summed E-state index contributed by atoms with van der Waals surface area (Å²) in [4.78, 5) is 6.96. The Bertz CT molecular complexity index is 818. The Morgan fingerprint density at radius 1 is 1.00 bits per heavy atom. The number of hydrogen-bond acceptors (Lipinski definition) is 4. The molecule has 0 radical (unpaired) electrons. The Morgan fingerprint density at radius 2 is 1.70 bits per heavy atom. The number of ether oxygens (including phenoxy) is 2. The third-order valence-corrected chi connectivity index (χ3v) is 5.63. The first-order valence-electron chi connectivity index (χ1n) is 10.6. The summed E-state index contributed by atoms with van der Waals surface area (Å²) in [6.07, 6.45) is 2.49. The fourth-order valence-electron chi connectivity index (χ4n) is 4.05. The molecule has 6 heteroatoms. The van der Waals surface area contributed by atoms with Gasteiger partial charge in [0.15, 0.2) is 5.96 Å². The summed E-state index contributed by atoms with van der Waals surface area (Å²) in [5.74, 6) is 1.73. The van der Waals surface area contributed by atoms with Crippen LogP contribution in [0, 0.1) is 0 Å². The summed E-state index contributed by atoms with van der Waals surface area (Å²) in [6.45, 7) is 4.29. The van der Waals surface area contributed by atoms with Crippen molar-refractivity contribution in [2.75, 3.05) is 40.9 Å². The van der Waals surface area contributed by atoms with Crippen molar-refractivity contribution in [3.8, 4) is 5.75 Å². The zero-order valence-corrected chi connectivity index (χ0v) is 18.4. The zero-order chi connectivity index (χ0) is 21.2. The van der Waals surface area contributed by atoms with Crippen LogP contribution in [0.15, 0.2) is 53.5 Å². The molecule has 0 saturated carbocycles. The molecule has 2 N–H and O–H groups in total. The lowest BCUT2D eigenvalue weighted by atomic mass is 10.0. The molecule has 30 heavy (non-hydrogen) atoms. The van der Waals surface area contributed by atoms with Crippen LogP contribution >= 0.6 is 0 Å². The van der Waals surface area contributed by atoms with E-state index in [2.05, 4.69) is 50.9 Å².